The van der Waals surface area contributed by atoms with Gasteiger partial charge >= 0.3 is 5.97 Å². The second kappa shape index (κ2) is 6.90. The number of hydrogen-bond donors (Lipinski definition) is 1. The monoisotopic (exact) mass is 356 g/mol. The summed E-state index contributed by atoms with van der Waals surface area (Å²) in [6, 6.07) is 5.64. The summed E-state index contributed by atoms with van der Waals surface area (Å²) in [5, 5.41) is 7.33. The van der Waals surface area contributed by atoms with Gasteiger partial charge in [-0.1, -0.05) is 18.6 Å². The Morgan fingerprint density at radius 1 is 1.31 bits per heavy atom. The fourth-order valence-corrected chi connectivity index (χ4v) is 3.74. The number of carbonyl (C=O) groups excluding carboxylic acids is 1. The van der Waals surface area contributed by atoms with Crippen molar-refractivity contribution in [2.75, 3.05) is 5.32 Å². The van der Waals surface area contributed by atoms with Crippen molar-refractivity contribution < 1.29 is 13.9 Å². The molecule has 4 rings (SSSR count). The number of carbonyl (C=O) groups is 1. The summed E-state index contributed by atoms with van der Waals surface area (Å²) < 4.78 is 21.2. The van der Waals surface area contributed by atoms with Crippen LogP contribution in [0.25, 0.3) is 0 Å². The van der Waals surface area contributed by atoms with E-state index < -0.39 is 6.04 Å². The first-order valence-corrected chi connectivity index (χ1v) is 8.97. The van der Waals surface area contributed by atoms with Crippen LogP contribution in [0.15, 0.2) is 41.9 Å². The standard InChI is InChI=1S/C19H21FN4O2/c1-12-16(18(25)26-15-8-3-2-4-9-15)17(13-6-5-7-14(20)10-13)24-19(23-12)21-11-22-24/h5-7,10-11,15,17H,2-4,8-9H2,1H3,(H,21,22,23). The zero-order valence-electron chi connectivity index (χ0n) is 14.6. The molecule has 1 N–H and O–H groups in total. The summed E-state index contributed by atoms with van der Waals surface area (Å²) in [6.45, 7) is 1.81. The predicted molar refractivity (Wildman–Crippen MR) is 93.8 cm³/mol. The quantitative estimate of drug-likeness (QED) is 0.852. The highest BCUT2D eigenvalue weighted by Crippen LogP contribution is 2.36. The van der Waals surface area contributed by atoms with Gasteiger partial charge in [0.05, 0.1) is 5.57 Å². The summed E-state index contributed by atoms with van der Waals surface area (Å²) in [6.07, 6.45) is 6.49. The molecule has 0 radical (unpaired) electrons. The van der Waals surface area contributed by atoms with Crippen molar-refractivity contribution in [3.05, 3.63) is 53.2 Å². The van der Waals surface area contributed by atoms with E-state index in [4.69, 9.17) is 4.74 Å². The van der Waals surface area contributed by atoms with Gasteiger partial charge in [-0.3, -0.25) is 0 Å². The summed E-state index contributed by atoms with van der Waals surface area (Å²) in [7, 11) is 0. The van der Waals surface area contributed by atoms with Crippen LogP contribution in [0, 0.1) is 5.82 Å². The molecule has 2 aliphatic rings. The van der Waals surface area contributed by atoms with E-state index in [1.54, 1.807) is 16.8 Å². The van der Waals surface area contributed by atoms with Crippen LogP contribution in [0.4, 0.5) is 10.3 Å². The number of fused-ring (bicyclic) bond motifs is 1. The van der Waals surface area contributed by atoms with Crippen molar-refractivity contribution in [2.24, 2.45) is 0 Å². The molecule has 136 valence electrons. The molecule has 0 bridgehead atoms. The molecule has 1 atom stereocenters. The Hall–Kier alpha value is -2.70. The Bertz CT molecular complexity index is 855. The van der Waals surface area contributed by atoms with E-state index in [0.29, 0.717) is 22.8 Å². The van der Waals surface area contributed by atoms with Crippen LogP contribution >= 0.6 is 0 Å². The van der Waals surface area contributed by atoms with E-state index in [9.17, 15) is 9.18 Å². The van der Waals surface area contributed by atoms with Crippen LogP contribution in [0.2, 0.25) is 0 Å². The van der Waals surface area contributed by atoms with E-state index in [-0.39, 0.29) is 17.9 Å². The lowest BCUT2D eigenvalue weighted by molar-refractivity contribution is -0.146. The number of hydrogen-bond acceptors (Lipinski definition) is 5. The molecule has 0 saturated heterocycles. The van der Waals surface area contributed by atoms with Crippen molar-refractivity contribution in [1.29, 1.82) is 0 Å². The number of aromatic nitrogens is 3. The van der Waals surface area contributed by atoms with E-state index in [0.717, 1.165) is 25.7 Å². The number of ether oxygens (including phenoxy) is 1. The minimum Gasteiger partial charge on any atom is -0.459 e. The molecule has 2 heterocycles. The molecule has 7 heteroatoms. The van der Waals surface area contributed by atoms with Gasteiger partial charge in [-0.25, -0.2) is 13.9 Å². The van der Waals surface area contributed by atoms with Crippen LogP contribution < -0.4 is 5.32 Å². The molecule has 0 amide bonds. The average molecular weight is 356 g/mol. The van der Waals surface area contributed by atoms with Gasteiger partial charge in [0.1, 0.15) is 24.3 Å². The second-order valence-corrected chi connectivity index (χ2v) is 6.81. The van der Waals surface area contributed by atoms with Gasteiger partial charge in [0, 0.05) is 5.70 Å². The number of esters is 1. The molecular weight excluding hydrogens is 335 g/mol. The Morgan fingerprint density at radius 2 is 2.12 bits per heavy atom. The highest BCUT2D eigenvalue weighted by Gasteiger charge is 2.35. The third-order valence-corrected chi connectivity index (χ3v) is 5.00. The first kappa shape index (κ1) is 16.8. The third-order valence-electron chi connectivity index (χ3n) is 5.00. The predicted octanol–water partition coefficient (Wildman–Crippen LogP) is 3.58. The lowest BCUT2D eigenvalue weighted by Gasteiger charge is -2.30. The number of rotatable bonds is 3. The van der Waals surface area contributed by atoms with Crippen molar-refractivity contribution in [1.82, 2.24) is 14.8 Å². The van der Waals surface area contributed by atoms with Gasteiger partial charge in [0.2, 0.25) is 5.95 Å². The number of halogens is 1. The van der Waals surface area contributed by atoms with Crippen LogP contribution in [0.1, 0.15) is 50.6 Å². The zero-order valence-corrected chi connectivity index (χ0v) is 14.6. The van der Waals surface area contributed by atoms with Crippen LogP contribution in [0.3, 0.4) is 0 Å². The molecule has 1 saturated carbocycles. The van der Waals surface area contributed by atoms with Gasteiger partial charge in [-0.15, -0.1) is 0 Å². The number of benzene rings is 1. The molecule has 1 unspecified atom stereocenters. The normalized spacial score (nSPS) is 20.5. The lowest BCUT2D eigenvalue weighted by atomic mass is 9.95. The largest absolute Gasteiger partial charge is 0.459 e. The molecule has 1 aromatic carbocycles. The fraction of sp³-hybridized carbons (Fsp3) is 0.421. The molecule has 1 aliphatic heterocycles. The number of nitrogens with one attached hydrogen (secondary N) is 1. The first-order chi connectivity index (χ1) is 12.6. The molecule has 0 spiro atoms. The molecule has 2 aromatic rings. The SMILES string of the molecule is CC1=C(C(=O)OC2CCCCC2)C(c2cccc(F)c2)n2ncnc2N1. The maximum Gasteiger partial charge on any atom is 0.338 e. The summed E-state index contributed by atoms with van der Waals surface area (Å²) in [4.78, 5) is 17.2. The van der Waals surface area contributed by atoms with Gasteiger partial charge in [-0.05, 0) is 50.3 Å². The fourth-order valence-electron chi connectivity index (χ4n) is 3.74. The Balaban J connectivity index is 1.71. The van der Waals surface area contributed by atoms with Gasteiger partial charge < -0.3 is 10.1 Å². The van der Waals surface area contributed by atoms with Crippen molar-refractivity contribution >= 4 is 11.9 Å². The van der Waals surface area contributed by atoms with E-state index in [2.05, 4.69) is 15.4 Å². The molecule has 1 aromatic heterocycles. The number of allylic oxidation sites excluding steroid dienone is 1. The number of anilines is 1. The maximum atomic E-state index is 13.8. The van der Waals surface area contributed by atoms with E-state index in [1.165, 1.54) is 24.9 Å². The van der Waals surface area contributed by atoms with Gasteiger partial charge in [0.25, 0.3) is 0 Å². The summed E-state index contributed by atoms with van der Waals surface area (Å²) in [5.41, 5.74) is 1.73. The minimum atomic E-state index is -0.569. The second-order valence-electron chi connectivity index (χ2n) is 6.81. The van der Waals surface area contributed by atoms with Crippen LogP contribution in [-0.4, -0.2) is 26.8 Å². The molecule has 26 heavy (non-hydrogen) atoms. The number of nitrogens with zero attached hydrogens (tertiary/aromatic N) is 3. The maximum absolute atomic E-state index is 13.8. The van der Waals surface area contributed by atoms with Crippen LogP contribution in [0.5, 0.6) is 0 Å². The average Bonchev–Trinajstić information content (AvgIpc) is 3.09. The minimum absolute atomic E-state index is 0.0538. The molecular formula is C19H21FN4O2. The molecule has 6 nitrogen and oxygen atoms in total. The smallest absolute Gasteiger partial charge is 0.338 e. The topological polar surface area (TPSA) is 69.0 Å². The highest BCUT2D eigenvalue weighted by molar-refractivity contribution is 5.92. The van der Waals surface area contributed by atoms with Crippen molar-refractivity contribution in [3.63, 3.8) is 0 Å². The molecule has 1 fully saturated rings. The Morgan fingerprint density at radius 3 is 2.88 bits per heavy atom. The van der Waals surface area contributed by atoms with Gasteiger partial charge in [0.15, 0.2) is 0 Å². The summed E-state index contributed by atoms with van der Waals surface area (Å²) >= 11 is 0. The third kappa shape index (κ3) is 3.09. The van der Waals surface area contributed by atoms with Gasteiger partial charge in [-0.2, -0.15) is 10.1 Å². The first-order valence-electron chi connectivity index (χ1n) is 8.97. The Kier molecular flexibility index (Phi) is 4.44. The van der Waals surface area contributed by atoms with Crippen molar-refractivity contribution in [2.45, 2.75) is 51.2 Å². The summed E-state index contributed by atoms with van der Waals surface area (Å²) in [5.74, 6) is -0.219. The Labute approximate surface area is 151 Å². The van der Waals surface area contributed by atoms with Crippen LogP contribution in [-0.2, 0) is 9.53 Å². The van der Waals surface area contributed by atoms with E-state index >= 15 is 0 Å². The molecule has 1 aliphatic carbocycles. The zero-order chi connectivity index (χ0) is 18.1. The highest BCUT2D eigenvalue weighted by atomic mass is 19.1. The lowest BCUT2D eigenvalue weighted by Crippen LogP contribution is -2.32. The van der Waals surface area contributed by atoms with Crippen molar-refractivity contribution in [3.8, 4) is 0 Å². The van der Waals surface area contributed by atoms with E-state index in [1.807, 2.05) is 6.92 Å².